The zero-order valence-corrected chi connectivity index (χ0v) is 20.4. The van der Waals surface area contributed by atoms with Crippen molar-refractivity contribution in [2.24, 2.45) is 0 Å². The minimum Gasteiger partial charge on any atom is -0.478 e. The van der Waals surface area contributed by atoms with Crippen LogP contribution in [0.25, 0.3) is 10.9 Å². The van der Waals surface area contributed by atoms with Gasteiger partial charge in [0.2, 0.25) is 0 Å². The van der Waals surface area contributed by atoms with Gasteiger partial charge in [0.05, 0.1) is 11.7 Å². The number of carboxylic acid groups (broad SMARTS) is 2. The number of benzene rings is 3. The fourth-order valence-electron chi connectivity index (χ4n) is 4.30. The summed E-state index contributed by atoms with van der Waals surface area (Å²) in [6.45, 7) is 2.72. The Hall–Kier alpha value is -3.65. The van der Waals surface area contributed by atoms with Crippen LogP contribution in [0.4, 0.5) is 0 Å². The fourth-order valence-corrected chi connectivity index (χ4v) is 4.50. The second kappa shape index (κ2) is 11.0. The number of hydrogen-bond acceptors (Lipinski definition) is 4. The lowest BCUT2D eigenvalue weighted by molar-refractivity contribution is 0.0680. The lowest BCUT2D eigenvalue weighted by Crippen LogP contribution is -2.32. The van der Waals surface area contributed by atoms with E-state index in [-0.39, 0.29) is 17.3 Å². The molecule has 36 heavy (non-hydrogen) atoms. The first-order valence-electron chi connectivity index (χ1n) is 11.6. The van der Waals surface area contributed by atoms with Gasteiger partial charge in [0.1, 0.15) is 5.69 Å². The van der Waals surface area contributed by atoms with Gasteiger partial charge >= 0.3 is 11.9 Å². The molecule has 1 heterocycles. The molecule has 4 N–H and O–H groups in total. The molecule has 0 fully saturated rings. The number of halogens is 1. The highest BCUT2D eigenvalue weighted by Crippen LogP contribution is 2.24. The van der Waals surface area contributed by atoms with Crippen LogP contribution in [0.1, 0.15) is 50.6 Å². The minimum absolute atomic E-state index is 0.0741. The van der Waals surface area contributed by atoms with Crippen molar-refractivity contribution in [1.29, 1.82) is 0 Å². The second-order valence-electron chi connectivity index (χ2n) is 8.90. The van der Waals surface area contributed by atoms with Crippen molar-refractivity contribution in [1.82, 2.24) is 9.88 Å². The molecule has 8 heteroatoms. The van der Waals surface area contributed by atoms with Gasteiger partial charge in [-0.3, -0.25) is 0 Å². The highest BCUT2D eigenvalue weighted by atomic mass is 35.5. The van der Waals surface area contributed by atoms with Gasteiger partial charge in [-0.25, -0.2) is 9.59 Å². The molecule has 0 unspecified atom stereocenters. The van der Waals surface area contributed by atoms with Crippen LogP contribution in [0.5, 0.6) is 0 Å². The Morgan fingerprint density at radius 2 is 1.67 bits per heavy atom. The van der Waals surface area contributed by atoms with Crippen LogP contribution < -0.4 is 5.32 Å². The molecule has 2 atom stereocenters. The van der Waals surface area contributed by atoms with Crippen LogP contribution >= 0.6 is 11.6 Å². The Bertz CT molecular complexity index is 1400. The molecule has 4 aromatic rings. The van der Waals surface area contributed by atoms with Crippen LogP contribution in [-0.2, 0) is 13.0 Å². The number of carbonyl (C=O) groups is 2. The van der Waals surface area contributed by atoms with Crippen molar-refractivity contribution >= 4 is 34.4 Å². The molecule has 0 bridgehead atoms. The number of fused-ring (bicyclic) bond motifs is 1. The Kier molecular flexibility index (Phi) is 7.74. The van der Waals surface area contributed by atoms with E-state index in [0.717, 1.165) is 27.6 Å². The summed E-state index contributed by atoms with van der Waals surface area (Å²) in [5.41, 5.74) is 3.74. The summed E-state index contributed by atoms with van der Waals surface area (Å²) >= 11 is 6.01. The molecule has 4 rings (SSSR count). The average molecular weight is 507 g/mol. The van der Waals surface area contributed by atoms with E-state index >= 15 is 0 Å². The van der Waals surface area contributed by atoms with Crippen molar-refractivity contribution in [2.75, 3.05) is 6.54 Å². The fraction of sp³-hybridized carbons (Fsp3) is 0.214. The monoisotopic (exact) mass is 506 g/mol. The number of rotatable bonds is 10. The number of nitrogens with one attached hydrogen (secondary N) is 1. The van der Waals surface area contributed by atoms with Crippen LogP contribution in [0, 0.1) is 0 Å². The second-order valence-corrected chi connectivity index (χ2v) is 9.34. The van der Waals surface area contributed by atoms with E-state index in [0.29, 0.717) is 24.5 Å². The first-order chi connectivity index (χ1) is 17.2. The molecule has 0 radical (unpaired) electrons. The van der Waals surface area contributed by atoms with Crippen LogP contribution in [0.15, 0.2) is 72.8 Å². The van der Waals surface area contributed by atoms with Crippen molar-refractivity contribution in [2.45, 2.75) is 32.0 Å². The molecule has 0 saturated heterocycles. The maximum atomic E-state index is 11.9. The van der Waals surface area contributed by atoms with Gasteiger partial charge in [0.25, 0.3) is 0 Å². The Balaban J connectivity index is 1.48. The zero-order chi connectivity index (χ0) is 25.8. The summed E-state index contributed by atoms with van der Waals surface area (Å²) in [5.74, 6) is -2.03. The Labute approximate surface area is 213 Å². The topological polar surface area (TPSA) is 112 Å². The first kappa shape index (κ1) is 25.4. The zero-order valence-electron chi connectivity index (χ0n) is 19.7. The number of nitrogens with zero attached hydrogens (tertiary/aromatic N) is 1. The van der Waals surface area contributed by atoms with Crippen molar-refractivity contribution in [3.05, 3.63) is 106 Å². The molecule has 0 amide bonds. The molecule has 0 aliphatic carbocycles. The van der Waals surface area contributed by atoms with Crippen molar-refractivity contribution in [3.8, 4) is 0 Å². The summed E-state index contributed by atoms with van der Waals surface area (Å²) in [6.07, 6.45) is 0.0213. The summed E-state index contributed by atoms with van der Waals surface area (Å²) in [6, 6.07) is 21.2. The third kappa shape index (κ3) is 5.94. The summed E-state index contributed by atoms with van der Waals surface area (Å²) in [5, 5.41) is 34.0. The Morgan fingerprint density at radius 3 is 2.33 bits per heavy atom. The molecular formula is C28H27ClN2O5. The number of aliphatic hydroxyl groups excluding tert-OH is 1. The van der Waals surface area contributed by atoms with E-state index < -0.39 is 18.0 Å². The smallest absolute Gasteiger partial charge is 0.352 e. The summed E-state index contributed by atoms with van der Waals surface area (Å²) in [4.78, 5) is 23.0. The summed E-state index contributed by atoms with van der Waals surface area (Å²) in [7, 11) is 0. The van der Waals surface area contributed by atoms with Gasteiger partial charge in [0, 0.05) is 35.1 Å². The predicted octanol–water partition coefficient (Wildman–Crippen LogP) is 4.99. The molecular weight excluding hydrogens is 480 g/mol. The number of aliphatic hydroxyl groups is 1. The third-order valence-electron chi connectivity index (χ3n) is 6.16. The van der Waals surface area contributed by atoms with E-state index in [2.05, 4.69) is 5.32 Å². The van der Waals surface area contributed by atoms with Gasteiger partial charge in [-0.15, -0.1) is 0 Å². The number of carboxylic acids is 2. The van der Waals surface area contributed by atoms with Crippen LogP contribution in [-0.4, -0.2) is 44.4 Å². The van der Waals surface area contributed by atoms with Crippen molar-refractivity contribution in [3.63, 3.8) is 0 Å². The third-order valence-corrected chi connectivity index (χ3v) is 6.40. The van der Waals surface area contributed by atoms with Gasteiger partial charge in [-0.2, -0.15) is 0 Å². The van der Waals surface area contributed by atoms with E-state index in [1.807, 2.05) is 37.3 Å². The quantitative estimate of drug-likeness (QED) is 0.241. The molecule has 0 aliphatic heterocycles. The minimum atomic E-state index is -1.03. The molecule has 7 nitrogen and oxygen atoms in total. The maximum Gasteiger partial charge on any atom is 0.352 e. The number of hydrogen-bond donors (Lipinski definition) is 4. The Morgan fingerprint density at radius 1 is 0.944 bits per heavy atom. The molecule has 1 aromatic heterocycles. The highest BCUT2D eigenvalue weighted by Gasteiger charge is 2.17. The molecule has 0 spiro atoms. The SMILES string of the molecule is C[C@H](Cc1ccc2c(c1)cc(C(=O)O)n2Cc1ccc(C(=O)O)cc1)NC[C@H](O)c1cccc(Cl)c1. The standard InChI is InChI=1S/C28H27ClN2O5/c1-17(30-15-26(32)21-3-2-4-23(29)13-21)11-19-7-10-24-22(12-19)14-25(28(35)36)31(24)16-18-5-8-20(9-6-18)27(33)34/h2-10,12-14,17,26,30,32H,11,15-16H2,1H3,(H,33,34)(H,35,36)/t17-,26+/m1/s1. The van der Waals surface area contributed by atoms with E-state index in [1.165, 1.54) is 12.1 Å². The normalized spacial score (nSPS) is 13.0. The van der Waals surface area contributed by atoms with Crippen LogP contribution in [0.2, 0.25) is 5.02 Å². The molecule has 186 valence electrons. The predicted molar refractivity (Wildman–Crippen MR) is 139 cm³/mol. The first-order valence-corrected chi connectivity index (χ1v) is 11.9. The largest absolute Gasteiger partial charge is 0.478 e. The average Bonchev–Trinajstić information content (AvgIpc) is 3.20. The number of aromatic carboxylic acids is 2. The van der Waals surface area contributed by atoms with Gasteiger partial charge in [-0.1, -0.05) is 41.9 Å². The van der Waals surface area contributed by atoms with E-state index in [1.54, 1.807) is 34.9 Å². The van der Waals surface area contributed by atoms with Gasteiger partial charge in [0.15, 0.2) is 0 Å². The van der Waals surface area contributed by atoms with Crippen molar-refractivity contribution < 1.29 is 24.9 Å². The lowest BCUT2D eigenvalue weighted by atomic mass is 10.0. The van der Waals surface area contributed by atoms with Crippen LogP contribution in [0.3, 0.4) is 0 Å². The molecule has 0 aliphatic rings. The van der Waals surface area contributed by atoms with E-state index in [4.69, 9.17) is 16.7 Å². The van der Waals surface area contributed by atoms with Gasteiger partial charge in [-0.05, 0) is 72.5 Å². The summed E-state index contributed by atoms with van der Waals surface area (Å²) < 4.78 is 1.72. The van der Waals surface area contributed by atoms with Gasteiger partial charge < -0.3 is 25.2 Å². The maximum absolute atomic E-state index is 11.9. The lowest BCUT2D eigenvalue weighted by Gasteiger charge is -2.18. The number of aromatic nitrogens is 1. The molecule has 0 saturated carbocycles. The van der Waals surface area contributed by atoms with E-state index in [9.17, 15) is 19.8 Å². The molecule has 3 aromatic carbocycles. The highest BCUT2D eigenvalue weighted by molar-refractivity contribution is 6.30.